The van der Waals surface area contributed by atoms with E-state index in [1.165, 1.54) is 24.3 Å². The van der Waals surface area contributed by atoms with Gasteiger partial charge in [0.05, 0.1) is 25.2 Å². The van der Waals surface area contributed by atoms with Gasteiger partial charge in [-0.05, 0) is 18.4 Å². The Morgan fingerprint density at radius 2 is 1.60 bits per heavy atom. The fraction of sp³-hybridized carbons (Fsp3) is 0.526. The average molecular weight is 516 g/mol. The van der Waals surface area contributed by atoms with E-state index in [-0.39, 0.29) is 6.42 Å². The molecule has 0 aliphatic carbocycles. The molecule has 35 heavy (non-hydrogen) atoms. The van der Waals surface area contributed by atoms with E-state index in [0.29, 0.717) is 17.9 Å². The lowest BCUT2D eigenvalue weighted by molar-refractivity contribution is -0.144. The van der Waals surface area contributed by atoms with Crippen molar-refractivity contribution < 1.29 is 39.0 Å². The summed E-state index contributed by atoms with van der Waals surface area (Å²) in [7, 11) is 0. The fourth-order valence-corrected chi connectivity index (χ4v) is 3.30. The van der Waals surface area contributed by atoms with Gasteiger partial charge in [-0.25, -0.2) is 9.78 Å². The first-order valence-corrected chi connectivity index (χ1v) is 11.7. The Kier molecular flexibility index (Phi) is 12.2. The number of nitrogens with one attached hydrogen (secondary N) is 4. The predicted octanol–water partition coefficient (Wildman–Crippen LogP) is -3.08. The summed E-state index contributed by atoms with van der Waals surface area (Å²) in [5.74, 6) is -6.20. The first-order valence-electron chi connectivity index (χ1n) is 10.3. The quantitative estimate of drug-likeness (QED) is 0.109. The molecule has 4 atom stereocenters. The van der Waals surface area contributed by atoms with Crippen molar-refractivity contribution in [3.8, 4) is 0 Å². The molecule has 0 saturated heterocycles. The molecular weight excluding hydrogens is 486 g/mol. The first-order chi connectivity index (χ1) is 16.4. The number of aromatic amines is 1. The average Bonchev–Trinajstić information content (AvgIpc) is 3.28. The number of nitrogens with two attached hydrogens (primary N) is 2. The minimum absolute atomic E-state index is 0.0896. The smallest absolute Gasteiger partial charge is 0.326 e. The Hall–Kier alpha value is -3.66. The second-order valence-corrected chi connectivity index (χ2v) is 8.44. The summed E-state index contributed by atoms with van der Waals surface area (Å²) in [5.41, 5.74) is 11.3. The summed E-state index contributed by atoms with van der Waals surface area (Å²) in [5, 5.41) is 25.0. The molecule has 0 fully saturated rings. The van der Waals surface area contributed by atoms with Crippen LogP contribution in [-0.2, 0) is 35.2 Å². The molecule has 16 heteroatoms. The summed E-state index contributed by atoms with van der Waals surface area (Å²) in [6.07, 6.45) is 3.19. The van der Waals surface area contributed by atoms with Gasteiger partial charge in [-0.3, -0.25) is 24.0 Å². The lowest BCUT2D eigenvalue weighted by Gasteiger charge is -2.24. The predicted molar refractivity (Wildman–Crippen MR) is 123 cm³/mol. The molecule has 0 bridgehead atoms. The number of imidazole rings is 1. The van der Waals surface area contributed by atoms with Gasteiger partial charge in [-0.1, -0.05) is 0 Å². The fourth-order valence-electron chi connectivity index (χ4n) is 2.81. The number of thioether (sulfide) groups is 1. The van der Waals surface area contributed by atoms with E-state index in [2.05, 4.69) is 20.6 Å². The Balaban J connectivity index is 3.04. The molecule has 10 N–H and O–H groups in total. The third kappa shape index (κ3) is 10.9. The van der Waals surface area contributed by atoms with Crippen LogP contribution in [0, 0.1) is 0 Å². The minimum Gasteiger partial charge on any atom is -0.481 e. The zero-order valence-electron chi connectivity index (χ0n) is 18.9. The summed E-state index contributed by atoms with van der Waals surface area (Å²) in [4.78, 5) is 78.2. The van der Waals surface area contributed by atoms with Gasteiger partial charge >= 0.3 is 11.9 Å². The number of carboxylic acids is 2. The second-order valence-electron chi connectivity index (χ2n) is 7.46. The van der Waals surface area contributed by atoms with Crippen LogP contribution in [0.25, 0.3) is 0 Å². The molecule has 4 unspecified atom stereocenters. The number of hydrogen-bond donors (Lipinski definition) is 8. The van der Waals surface area contributed by atoms with Crippen LogP contribution in [0.3, 0.4) is 0 Å². The number of nitrogens with zero attached hydrogens (tertiary/aromatic N) is 1. The number of aromatic nitrogens is 2. The normalized spacial score (nSPS) is 14.1. The molecule has 0 aromatic carbocycles. The number of hydrogen-bond acceptors (Lipinski definition) is 9. The summed E-state index contributed by atoms with van der Waals surface area (Å²) in [6.45, 7) is 0. The van der Waals surface area contributed by atoms with Gasteiger partial charge in [-0.2, -0.15) is 11.8 Å². The van der Waals surface area contributed by atoms with E-state index in [0.717, 1.165) is 0 Å². The number of rotatable bonds is 16. The largest absolute Gasteiger partial charge is 0.481 e. The zero-order chi connectivity index (χ0) is 26.5. The van der Waals surface area contributed by atoms with E-state index < -0.39 is 72.6 Å². The Labute approximate surface area is 204 Å². The molecule has 1 rings (SSSR count). The lowest BCUT2D eigenvalue weighted by Crippen LogP contribution is -2.58. The monoisotopic (exact) mass is 515 g/mol. The van der Waals surface area contributed by atoms with Crippen molar-refractivity contribution in [2.45, 2.75) is 49.9 Å². The lowest BCUT2D eigenvalue weighted by atomic mass is 10.1. The van der Waals surface area contributed by atoms with Crippen molar-refractivity contribution in [2.75, 3.05) is 12.0 Å². The molecular formula is C19H29N7O8S. The third-order valence-electron chi connectivity index (χ3n) is 4.61. The van der Waals surface area contributed by atoms with E-state index in [1.807, 2.05) is 11.6 Å². The van der Waals surface area contributed by atoms with Crippen molar-refractivity contribution >= 4 is 47.3 Å². The van der Waals surface area contributed by atoms with E-state index in [9.17, 15) is 28.8 Å². The highest BCUT2D eigenvalue weighted by Gasteiger charge is 2.32. The number of aliphatic carboxylic acids is 2. The van der Waals surface area contributed by atoms with Crippen LogP contribution in [0.4, 0.5) is 0 Å². The van der Waals surface area contributed by atoms with E-state index in [1.54, 1.807) is 0 Å². The van der Waals surface area contributed by atoms with Gasteiger partial charge in [0.25, 0.3) is 0 Å². The highest BCUT2D eigenvalue weighted by molar-refractivity contribution is 7.98. The number of amides is 4. The molecule has 0 saturated carbocycles. The van der Waals surface area contributed by atoms with Gasteiger partial charge in [0.2, 0.25) is 23.6 Å². The number of H-pyrrole nitrogens is 1. The zero-order valence-corrected chi connectivity index (χ0v) is 19.7. The maximum Gasteiger partial charge on any atom is 0.326 e. The van der Waals surface area contributed by atoms with Crippen LogP contribution in [0.5, 0.6) is 0 Å². The van der Waals surface area contributed by atoms with Crippen molar-refractivity contribution in [1.29, 1.82) is 0 Å². The second kappa shape index (κ2) is 14.6. The number of carbonyl (C=O) groups excluding carboxylic acids is 4. The highest BCUT2D eigenvalue weighted by atomic mass is 32.2. The maximum atomic E-state index is 13.0. The summed E-state index contributed by atoms with van der Waals surface area (Å²) in [6, 6.07) is -5.64. The van der Waals surface area contributed by atoms with Crippen molar-refractivity contribution in [3.63, 3.8) is 0 Å². The van der Waals surface area contributed by atoms with E-state index in [4.69, 9.17) is 21.7 Å². The van der Waals surface area contributed by atoms with Crippen LogP contribution in [0.15, 0.2) is 12.5 Å². The molecule has 0 aliphatic rings. The Morgan fingerprint density at radius 1 is 1.00 bits per heavy atom. The molecule has 1 aromatic heterocycles. The summed E-state index contributed by atoms with van der Waals surface area (Å²) < 4.78 is 0. The van der Waals surface area contributed by atoms with Crippen LogP contribution in [-0.4, -0.2) is 91.9 Å². The standard InChI is InChI=1S/C19H29N7O8S/c1-35-3-2-10(20)16(30)24-11(4-9-7-22-8-23-9)17(31)25-12(6-15(28)29)18(32)26-13(19(33)34)5-14(21)27/h7-8,10-13H,2-6,20H2,1H3,(H2,21,27)(H,22,23)(H,24,30)(H,25,31)(H,26,32)(H,28,29)(H,33,34). The maximum absolute atomic E-state index is 13.0. The van der Waals surface area contributed by atoms with Crippen LogP contribution < -0.4 is 27.4 Å². The van der Waals surface area contributed by atoms with Gasteiger partial charge in [0, 0.05) is 18.3 Å². The third-order valence-corrected chi connectivity index (χ3v) is 5.26. The molecule has 1 heterocycles. The van der Waals surface area contributed by atoms with Crippen LogP contribution in [0.1, 0.15) is 25.0 Å². The topological polar surface area (TPSA) is 260 Å². The molecule has 0 aliphatic heterocycles. The molecule has 4 amide bonds. The summed E-state index contributed by atoms with van der Waals surface area (Å²) >= 11 is 1.48. The van der Waals surface area contributed by atoms with Crippen molar-refractivity contribution in [3.05, 3.63) is 18.2 Å². The van der Waals surface area contributed by atoms with Gasteiger partial charge < -0.3 is 42.6 Å². The number of carboxylic acid groups (broad SMARTS) is 2. The molecule has 0 spiro atoms. The highest BCUT2D eigenvalue weighted by Crippen LogP contribution is 2.05. The number of primary amides is 1. The van der Waals surface area contributed by atoms with E-state index >= 15 is 0 Å². The van der Waals surface area contributed by atoms with Crippen molar-refractivity contribution in [2.24, 2.45) is 11.5 Å². The molecule has 194 valence electrons. The van der Waals surface area contributed by atoms with Gasteiger partial charge in [0.15, 0.2) is 0 Å². The first kappa shape index (κ1) is 29.4. The van der Waals surface area contributed by atoms with Gasteiger partial charge in [0.1, 0.15) is 18.1 Å². The SMILES string of the molecule is CSCCC(N)C(=O)NC(Cc1cnc[nH]1)C(=O)NC(CC(=O)O)C(=O)NC(CC(N)=O)C(=O)O. The van der Waals surface area contributed by atoms with Crippen LogP contribution >= 0.6 is 11.8 Å². The minimum atomic E-state index is -1.73. The number of carbonyl (C=O) groups is 6. The van der Waals surface area contributed by atoms with Crippen LogP contribution in [0.2, 0.25) is 0 Å². The molecule has 1 aromatic rings. The van der Waals surface area contributed by atoms with Crippen molar-refractivity contribution in [1.82, 2.24) is 25.9 Å². The van der Waals surface area contributed by atoms with Gasteiger partial charge in [-0.15, -0.1) is 0 Å². The Bertz CT molecular complexity index is 911. The molecule has 15 nitrogen and oxygen atoms in total. The molecule has 0 radical (unpaired) electrons. The Morgan fingerprint density at radius 3 is 2.11 bits per heavy atom.